The molecule has 0 amide bonds. The molecule has 0 unspecified atom stereocenters. The number of aliphatic hydroxyl groups is 1. The summed E-state index contributed by atoms with van der Waals surface area (Å²) < 4.78 is 0. The first-order valence-electron chi connectivity index (χ1n) is 9.01. The summed E-state index contributed by atoms with van der Waals surface area (Å²) in [7, 11) is 0. The molecule has 1 aromatic heterocycles. The maximum Gasteiger partial charge on any atom is 0.314 e. The van der Waals surface area contributed by atoms with E-state index in [0.717, 1.165) is 12.2 Å². The molecule has 0 aliphatic carbocycles. The summed E-state index contributed by atoms with van der Waals surface area (Å²) in [6.45, 7) is 2.66. The number of benzene rings is 1. The van der Waals surface area contributed by atoms with Crippen molar-refractivity contribution in [1.82, 2.24) is 9.97 Å². The number of aliphatic carboxylic acids is 1. The number of nitrogens with zero attached hydrogens (tertiary/aromatic N) is 3. The van der Waals surface area contributed by atoms with E-state index < -0.39 is 17.5 Å². The number of anilines is 1. The normalized spacial score (nSPS) is 23.0. The molecule has 1 aliphatic heterocycles. The Morgan fingerprint density at radius 2 is 2.08 bits per heavy atom. The number of carboxylic acid groups (broad SMARTS) is 1. The Kier molecular flexibility index (Phi) is 5.52. The first kappa shape index (κ1) is 18.3. The molecule has 138 valence electrons. The number of carbonyl (C=O) groups is 1. The van der Waals surface area contributed by atoms with Crippen molar-refractivity contribution < 1.29 is 15.0 Å². The van der Waals surface area contributed by atoms with Gasteiger partial charge >= 0.3 is 5.97 Å². The van der Waals surface area contributed by atoms with Gasteiger partial charge in [-0.1, -0.05) is 30.3 Å². The fraction of sp³-hybridized carbons (Fsp3) is 0.450. The van der Waals surface area contributed by atoms with Crippen LogP contribution in [0.15, 0.2) is 42.6 Å². The van der Waals surface area contributed by atoms with Gasteiger partial charge in [0.25, 0.3) is 0 Å². The smallest absolute Gasteiger partial charge is 0.314 e. The topological polar surface area (TPSA) is 86.5 Å². The third kappa shape index (κ3) is 3.85. The summed E-state index contributed by atoms with van der Waals surface area (Å²) in [4.78, 5) is 22.6. The summed E-state index contributed by atoms with van der Waals surface area (Å²) in [6.07, 6.45) is 3.19. The van der Waals surface area contributed by atoms with E-state index in [0.29, 0.717) is 31.6 Å². The molecule has 2 heterocycles. The average Bonchev–Trinajstić information content (AvgIpc) is 2.64. The predicted octanol–water partition coefficient (Wildman–Crippen LogP) is 2.45. The number of aryl methyl sites for hydroxylation is 2. The lowest BCUT2D eigenvalue weighted by Gasteiger charge is -2.44. The number of piperidine rings is 1. The standard InChI is InChI=1S/C20H25N3O3/c1-15-21-12-9-18(22-15)23-13-10-17(24)20(14-23,19(25)26)11-5-8-16-6-3-2-4-7-16/h2-4,6-7,9,12,17,24H,5,8,10-11,13-14H2,1H3,(H,25,26)/t17-,20+/m0/s1. The molecular formula is C20H25N3O3. The maximum atomic E-state index is 12.2. The van der Waals surface area contributed by atoms with Crippen LogP contribution in [0.2, 0.25) is 0 Å². The molecule has 6 nitrogen and oxygen atoms in total. The average molecular weight is 355 g/mol. The van der Waals surface area contributed by atoms with Crippen molar-refractivity contribution in [2.24, 2.45) is 5.41 Å². The lowest BCUT2D eigenvalue weighted by atomic mass is 9.73. The van der Waals surface area contributed by atoms with Crippen molar-refractivity contribution in [3.8, 4) is 0 Å². The van der Waals surface area contributed by atoms with Gasteiger partial charge in [0, 0.05) is 19.3 Å². The van der Waals surface area contributed by atoms with E-state index in [-0.39, 0.29) is 6.54 Å². The van der Waals surface area contributed by atoms with E-state index in [4.69, 9.17) is 0 Å². The second-order valence-electron chi connectivity index (χ2n) is 6.99. The van der Waals surface area contributed by atoms with Crippen LogP contribution in [-0.2, 0) is 11.2 Å². The highest BCUT2D eigenvalue weighted by Crippen LogP contribution is 2.37. The van der Waals surface area contributed by atoms with Crippen molar-refractivity contribution in [2.75, 3.05) is 18.0 Å². The van der Waals surface area contributed by atoms with E-state index in [9.17, 15) is 15.0 Å². The van der Waals surface area contributed by atoms with E-state index in [1.807, 2.05) is 42.2 Å². The summed E-state index contributed by atoms with van der Waals surface area (Å²) in [5.74, 6) is 0.435. The van der Waals surface area contributed by atoms with Gasteiger partial charge in [0.15, 0.2) is 0 Å². The number of rotatable bonds is 6. The highest BCUT2D eigenvalue weighted by molar-refractivity contribution is 5.77. The Morgan fingerprint density at radius 1 is 1.31 bits per heavy atom. The monoisotopic (exact) mass is 355 g/mol. The molecule has 2 N–H and O–H groups in total. The first-order valence-corrected chi connectivity index (χ1v) is 9.01. The van der Waals surface area contributed by atoms with Crippen molar-refractivity contribution in [2.45, 2.75) is 38.7 Å². The molecule has 1 aliphatic rings. The van der Waals surface area contributed by atoms with Crippen LogP contribution in [-0.4, -0.2) is 45.3 Å². The second-order valence-corrected chi connectivity index (χ2v) is 6.99. The largest absolute Gasteiger partial charge is 0.481 e. The fourth-order valence-electron chi connectivity index (χ4n) is 3.71. The van der Waals surface area contributed by atoms with Gasteiger partial charge in [0.2, 0.25) is 0 Å². The van der Waals surface area contributed by atoms with Gasteiger partial charge in [-0.15, -0.1) is 0 Å². The molecule has 1 saturated heterocycles. The van der Waals surface area contributed by atoms with Gasteiger partial charge in [0.1, 0.15) is 17.1 Å². The number of aromatic nitrogens is 2. The van der Waals surface area contributed by atoms with Crippen LogP contribution >= 0.6 is 0 Å². The SMILES string of the molecule is Cc1nccc(N2CC[C@H](O)[C@](CCCc3ccccc3)(C(=O)O)C2)n1. The van der Waals surface area contributed by atoms with Crippen molar-refractivity contribution in [3.05, 3.63) is 54.0 Å². The molecule has 1 fully saturated rings. The molecule has 1 aromatic carbocycles. The van der Waals surface area contributed by atoms with Crippen molar-refractivity contribution >= 4 is 11.8 Å². The molecular weight excluding hydrogens is 330 g/mol. The van der Waals surface area contributed by atoms with Crippen LogP contribution in [0.5, 0.6) is 0 Å². The van der Waals surface area contributed by atoms with Gasteiger partial charge < -0.3 is 15.1 Å². The zero-order chi connectivity index (χ0) is 18.6. The van der Waals surface area contributed by atoms with Gasteiger partial charge in [-0.05, 0) is 44.2 Å². The van der Waals surface area contributed by atoms with Crippen molar-refractivity contribution in [1.29, 1.82) is 0 Å². The lowest BCUT2D eigenvalue weighted by molar-refractivity contribution is -0.158. The van der Waals surface area contributed by atoms with Crippen LogP contribution in [0.4, 0.5) is 5.82 Å². The zero-order valence-electron chi connectivity index (χ0n) is 15.0. The van der Waals surface area contributed by atoms with Crippen LogP contribution in [0.25, 0.3) is 0 Å². The first-order chi connectivity index (χ1) is 12.5. The van der Waals surface area contributed by atoms with Gasteiger partial charge in [-0.2, -0.15) is 0 Å². The highest BCUT2D eigenvalue weighted by Gasteiger charge is 2.49. The van der Waals surface area contributed by atoms with E-state index in [2.05, 4.69) is 9.97 Å². The predicted molar refractivity (Wildman–Crippen MR) is 99.1 cm³/mol. The minimum atomic E-state index is -1.17. The Morgan fingerprint density at radius 3 is 2.77 bits per heavy atom. The number of carboxylic acids is 1. The molecule has 0 bridgehead atoms. The zero-order valence-corrected chi connectivity index (χ0v) is 15.0. The van der Waals surface area contributed by atoms with Crippen LogP contribution in [0.3, 0.4) is 0 Å². The molecule has 0 spiro atoms. The highest BCUT2D eigenvalue weighted by atomic mass is 16.4. The van der Waals surface area contributed by atoms with E-state index in [1.54, 1.807) is 12.3 Å². The number of hydrogen-bond acceptors (Lipinski definition) is 5. The van der Waals surface area contributed by atoms with Crippen LogP contribution < -0.4 is 4.90 Å². The third-order valence-electron chi connectivity index (χ3n) is 5.23. The summed E-state index contributed by atoms with van der Waals surface area (Å²) in [5, 5.41) is 20.5. The molecule has 2 aromatic rings. The molecule has 0 radical (unpaired) electrons. The van der Waals surface area contributed by atoms with Gasteiger partial charge in [-0.3, -0.25) is 4.79 Å². The van der Waals surface area contributed by atoms with E-state index in [1.165, 1.54) is 5.56 Å². The van der Waals surface area contributed by atoms with E-state index >= 15 is 0 Å². The minimum Gasteiger partial charge on any atom is -0.481 e. The lowest BCUT2D eigenvalue weighted by Crippen LogP contribution is -2.56. The molecule has 6 heteroatoms. The summed E-state index contributed by atoms with van der Waals surface area (Å²) >= 11 is 0. The van der Waals surface area contributed by atoms with Crippen LogP contribution in [0, 0.1) is 12.3 Å². The Labute approximate surface area is 153 Å². The fourth-order valence-corrected chi connectivity index (χ4v) is 3.71. The van der Waals surface area contributed by atoms with Gasteiger partial charge in [0.05, 0.1) is 6.10 Å². The molecule has 3 rings (SSSR count). The molecule has 2 atom stereocenters. The quantitative estimate of drug-likeness (QED) is 0.828. The Bertz CT molecular complexity index is 753. The maximum absolute atomic E-state index is 12.2. The number of hydrogen-bond donors (Lipinski definition) is 2. The summed E-state index contributed by atoms with van der Waals surface area (Å²) in [5.41, 5.74) is 0.00734. The Balaban J connectivity index is 1.75. The Hall–Kier alpha value is -2.47. The molecule has 26 heavy (non-hydrogen) atoms. The van der Waals surface area contributed by atoms with Gasteiger partial charge in [-0.25, -0.2) is 9.97 Å². The third-order valence-corrected chi connectivity index (χ3v) is 5.23. The molecule has 0 saturated carbocycles. The second kappa shape index (κ2) is 7.83. The van der Waals surface area contributed by atoms with Crippen molar-refractivity contribution in [3.63, 3.8) is 0 Å². The number of aliphatic hydroxyl groups excluding tert-OH is 1. The summed E-state index contributed by atoms with van der Waals surface area (Å²) in [6, 6.07) is 11.8. The van der Waals surface area contributed by atoms with Crippen LogP contribution in [0.1, 0.15) is 30.7 Å². The minimum absolute atomic E-state index is 0.259.